The summed E-state index contributed by atoms with van der Waals surface area (Å²) in [4.78, 5) is 28.8. The van der Waals surface area contributed by atoms with Gasteiger partial charge in [0, 0.05) is 31.7 Å². The Balaban J connectivity index is 1.45. The third-order valence-electron chi connectivity index (χ3n) is 5.60. The number of carbonyl (C=O) groups excluding carboxylic acids is 2. The van der Waals surface area contributed by atoms with Gasteiger partial charge in [-0.2, -0.15) is 18.3 Å². The lowest BCUT2D eigenvalue weighted by Gasteiger charge is -2.34. The Morgan fingerprint density at radius 1 is 0.909 bits per heavy atom. The van der Waals surface area contributed by atoms with Gasteiger partial charge in [0.25, 0.3) is 11.8 Å². The molecule has 1 saturated heterocycles. The number of amides is 2. The van der Waals surface area contributed by atoms with Crippen LogP contribution >= 0.6 is 0 Å². The minimum absolute atomic E-state index is 0.205. The summed E-state index contributed by atoms with van der Waals surface area (Å²) < 4.78 is 53.5. The van der Waals surface area contributed by atoms with Crippen molar-refractivity contribution in [3.63, 3.8) is 0 Å². The summed E-state index contributed by atoms with van der Waals surface area (Å²) >= 11 is 0. The third-order valence-corrected chi connectivity index (χ3v) is 5.60. The van der Waals surface area contributed by atoms with E-state index in [0.29, 0.717) is 37.4 Å². The lowest BCUT2D eigenvalue weighted by molar-refractivity contribution is -0.137. The monoisotopic (exact) mass is 460 g/mol. The summed E-state index contributed by atoms with van der Waals surface area (Å²) in [6.45, 7) is 2.82. The summed E-state index contributed by atoms with van der Waals surface area (Å²) in [5.74, 6) is -0.974. The molecule has 0 unspecified atom stereocenters. The van der Waals surface area contributed by atoms with Gasteiger partial charge in [0.2, 0.25) is 0 Å². The van der Waals surface area contributed by atoms with E-state index in [1.165, 1.54) is 47.3 Å². The van der Waals surface area contributed by atoms with Gasteiger partial charge in [0.15, 0.2) is 0 Å². The lowest BCUT2D eigenvalue weighted by atomic mass is 10.1. The zero-order valence-corrected chi connectivity index (χ0v) is 17.6. The predicted octanol–water partition coefficient (Wildman–Crippen LogP) is 3.94. The van der Waals surface area contributed by atoms with Gasteiger partial charge in [0.05, 0.1) is 28.7 Å². The van der Waals surface area contributed by atoms with E-state index in [9.17, 15) is 27.2 Å². The average Bonchev–Trinajstić information content (AvgIpc) is 3.19. The van der Waals surface area contributed by atoms with Crippen molar-refractivity contribution in [1.82, 2.24) is 19.6 Å². The molecule has 172 valence electrons. The Morgan fingerprint density at radius 3 is 2.12 bits per heavy atom. The average molecular weight is 460 g/mol. The van der Waals surface area contributed by atoms with Crippen molar-refractivity contribution in [2.24, 2.45) is 0 Å². The molecular weight excluding hydrogens is 440 g/mol. The fourth-order valence-corrected chi connectivity index (χ4v) is 3.75. The van der Waals surface area contributed by atoms with Gasteiger partial charge in [-0.1, -0.05) is 6.07 Å². The van der Waals surface area contributed by atoms with Crippen molar-refractivity contribution in [2.75, 3.05) is 26.2 Å². The summed E-state index contributed by atoms with van der Waals surface area (Å²) in [7, 11) is 0. The van der Waals surface area contributed by atoms with E-state index in [4.69, 9.17) is 0 Å². The Hall–Kier alpha value is -3.69. The maximum Gasteiger partial charge on any atom is 0.416 e. The van der Waals surface area contributed by atoms with Crippen molar-refractivity contribution < 1.29 is 27.2 Å². The molecule has 1 aromatic heterocycles. The normalized spacial score (nSPS) is 14.5. The molecule has 0 radical (unpaired) electrons. The molecule has 0 bridgehead atoms. The topological polar surface area (TPSA) is 58.4 Å². The molecule has 0 saturated carbocycles. The molecule has 6 nitrogen and oxygen atoms in total. The number of carbonyl (C=O) groups is 2. The highest BCUT2D eigenvalue weighted by Crippen LogP contribution is 2.30. The van der Waals surface area contributed by atoms with E-state index in [1.54, 1.807) is 16.7 Å². The van der Waals surface area contributed by atoms with Gasteiger partial charge in [-0.3, -0.25) is 9.59 Å². The molecule has 2 aromatic carbocycles. The summed E-state index contributed by atoms with van der Waals surface area (Å²) in [5, 5.41) is 4.12. The SMILES string of the molecule is Cc1c(C(=O)N2CCN(C(=O)c3ccc(F)cc3)CC2)cnn1-c1cccc(C(F)(F)F)c1. The van der Waals surface area contributed by atoms with Crippen molar-refractivity contribution in [3.05, 3.63) is 82.9 Å². The van der Waals surface area contributed by atoms with Crippen LogP contribution in [0.3, 0.4) is 0 Å². The van der Waals surface area contributed by atoms with Crippen LogP contribution in [0.5, 0.6) is 0 Å². The number of rotatable bonds is 3. The number of nitrogens with zero attached hydrogens (tertiary/aromatic N) is 4. The number of piperazine rings is 1. The smallest absolute Gasteiger partial charge is 0.335 e. The minimum Gasteiger partial charge on any atom is -0.335 e. The Bertz CT molecular complexity index is 1180. The minimum atomic E-state index is -4.49. The molecule has 3 aromatic rings. The van der Waals surface area contributed by atoms with Gasteiger partial charge in [0.1, 0.15) is 5.82 Å². The van der Waals surface area contributed by atoms with Crippen molar-refractivity contribution in [1.29, 1.82) is 0 Å². The van der Waals surface area contributed by atoms with Gasteiger partial charge in [-0.15, -0.1) is 0 Å². The van der Waals surface area contributed by atoms with E-state index in [0.717, 1.165) is 12.1 Å². The lowest BCUT2D eigenvalue weighted by Crippen LogP contribution is -2.50. The van der Waals surface area contributed by atoms with E-state index >= 15 is 0 Å². The van der Waals surface area contributed by atoms with Crippen molar-refractivity contribution in [3.8, 4) is 5.69 Å². The molecule has 1 fully saturated rings. The predicted molar refractivity (Wildman–Crippen MR) is 112 cm³/mol. The molecule has 2 heterocycles. The van der Waals surface area contributed by atoms with Gasteiger partial charge in [-0.05, 0) is 49.4 Å². The first-order valence-electron chi connectivity index (χ1n) is 10.2. The molecule has 0 aliphatic carbocycles. The zero-order chi connectivity index (χ0) is 23.8. The number of aromatic nitrogens is 2. The first-order valence-corrected chi connectivity index (χ1v) is 10.2. The van der Waals surface area contributed by atoms with Gasteiger partial charge >= 0.3 is 6.18 Å². The van der Waals surface area contributed by atoms with Crippen LogP contribution in [0.25, 0.3) is 5.69 Å². The van der Waals surface area contributed by atoms with Crippen LogP contribution < -0.4 is 0 Å². The molecule has 0 atom stereocenters. The third kappa shape index (κ3) is 4.59. The number of hydrogen-bond donors (Lipinski definition) is 0. The Morgan fingerprint density at radius 2 is 1.52 bits per heavy atom. The quantitative estimate of drug-likeness (QED) is 0.557. The van der Waals surface area contributed by atoms with E-state index in [-0.39, 0.29) is 23.1 Å². The first kappa shape index (κ1) is 22.5. The van der Waals surface area contributed by atoms with Crippen LogP contribution in [0.4, 0.5) is 17.6 Å². The standard InChI is InChI=1S/C23H20F4N4O2/c1-15-20(14-28-31(15)19-4-2-3-17(13-19)23(25,26)27)22(33)30-11-9-29(10-12-30)21(32)16-5-7-18(24)8-6-16/h2-8,13-14H,9-12H2,1H3. The van der Waals surface area contributed by atoms with Crippen LogP contribution in [0.2, 0.25) is 0 Å². The van der Waals surface area contributed by atoms with Crippen LogP contribution in [-0.2, 0) is 6.18 Å². The summed E-state index contributed by atoms with van der Waals surface area (Å²) in [5.41, 5.74) is 0.477. The molecule has 1 aliphatic heterocycles. The van der Waals surface area contributed by atoms with Crippen LogP contribution in [0, 0.1) is 12.7 Å². The van der Waals surface area contributed by atoms with E-state index in [2.05, 4.69) is 5.10 Å². The van der Waals surface area contributed by atoms with Crippen molar-refractivity contribution in [2.45, 2.75) is 13.1 Å². The highest BCUT2D eigenvalue weighted by atomic mass is 19.4. The second-order valence-electron chi connectivity index (χ2n) is 7.69. The Labute approximate surface area is 187 Å². The first-order chi connectivity index (χ1) is 15.6. The molecule has 33 heavy (non-hydrogen) atoms. The Kier molecular flexibility index (Phi) is 5.92. The number of hydrogen-bond acceptors (Lipinski definition) is 3. The summed E-state index contributed by atoms with van der Waals surface area (Å²) in [6, 6.07) is 10.0. The number of alkyl halides is 3. The van der Waals surface area contributed by atoms with Gasteiger partial charge in [-0.25, -0.2) is 9.07 Å². The van der Waals surface area contributed by atoms with E-state index in [1.807, 2.05) is 0 Å². The van der Waals surface area contributed by atoms with Crippen molar-refractivity contribution >= 4 is 11.8 Å². The van der Waals surface area contributed by atoms with Crippen LogP contribution in [0.15, 0.2) is 54.7 Å². The molecule has 0 N–H and O–H groups in total. The highest BCUT2D eigenvalue weighted by Gasteiger charge is 2.31. The van der Waals surface area contributed by atoms with Crippen LogP contribution in [-0.4, -0.2) is 57.6 Å². The largest absolute Gasteiger partial charge is 0.416 e. The molecule has 2 amide bonds. The summed E-state index contributed by atoms with van der Waals surface area (Å²) in [6.07, 6.45) is -3.14. The molecule has 1 aliphatic rings. The molecular formula is C23H20F4N4O2. The van der Waals surface area contributed by atoms with Gasteiger partial charge < -0.3 is 9.80 Å². The van der Waals surface area contributed by atoms with Crippen LogP contribution in [0.1, 0.15) is 32.0 Å². The highest BCUT2D eigenvalue weighted by molar-refractivity contribution is 5.96. The maximum atomic E-state index is 13.1. The molecule has 0 spiro atoms. The van der Waals surface area contributed by atoms with E-state index < -0.39 is 17.6 Å². The molecule has 4 rings (SSSR count). The second kappa shape index (κ2) is 8.68. The fraction of sp³-hybridized carbons (Fsp3) is 0.261. The number of halogens is 4. The molecule has 10 heteroatoms. The number of benzene rings is 2. The maximum absolute atomic E-state index is 13.1. The second-order valence-corrected chi connectivity index (χ2v) is 7.69. The fourth-order valence-electron chi connectivity index (χ4n) is 3.75. The zero-order valence-electron chi connectivity index (χ0n) is 17.6.